The number of benzene rings is 2. The minimum Gasteiger partial charge on any atom is -0.508 e. The number of rotatable bonds is 5. The molecule has 28 heavy (non-hydrogen) atoms. The molecule has 0 unspecified atom stereocenters. The van der Waals surface area contributed by atoms with Crippen molar-refractivity contribution in [1.82, 2.24) is 4.98 Å². The molecule has 146 valence electrons. The van der Waals surface area contributed by atoms with Gasteiger partial charge in [0.2, 0.25) is 21.8 Å². The van der Waals surface area contributed by atoms with E-state index in [4.69, 9.17) is 21.5 Å². The quantitative estimate of drug-likeness (QED) is 0.579. The Kier molecular flexibility index (Phi) is 5.41. The number of fused-ring (bicyclic) bond motifs is 1. The van der Waals surface area contributed by atoms with Crippen molar-refractivity contribution in [3.63, 3.8) is 0 Å². The van der Waals surface area contributed by atoms with Crippen molar-refractivity contribution in [2.45, 2.75) is 11.3 Å². The summed E-state index contributed by atoms with van der Waals surface area (Å²) < 4.78 is 29.2. The minimum atomic E-state index is -4.08. The molecule has 3 aromatic rings. The second kappa shape index (κ2) is 7.63. The molecule has 0 aliphatic carbocycles. The Morgan fingerprint density at radius 2 is 2.04 bits per heavy atom. The molecule has 3 rings (SSSR count). The van der Waals surface area contributed by atoms with Crippen LogP contribution in [0.2, 0.25) is 5.02 Å². The van der Waals surface area contributed by atoms with Gasteiger partial charge in [-0.3, -0.25) is 4.79 Å². The van der Waals surface area contributed by atoms with Gasteiger partial charge in [0.25, 0.3) is 0 Å². The van der Waals surface area contributed by atoms with Crippen LogP contribution in [0.1, 0.15) is 5.56 Å². The molecule has 0 radical (unpaired) electrons. The molecule has 10 heteroatoms. The van der Waals surface area contributed by atoms with Crippen LogP contribution in [0.3, 0.4) is 0 Å². The van der Waals surface area contributed by atoms with E-state index in [0.717, 1.165) is 0 Å². The Morgan fingerprint density at radius 1 is 1.29 bits per heavy atom. The van der Waals surface area contributed by atoms with Crippen LogP contribution in [0.15, 0.2) is 47.5 Å². The molecule has 0 saturated carbocycles. The summed E-state index contributed by atoms with van der Waals surface area (Å²) in [6.07, 6.45) is 1.19. The zero-order valence-electron chi connectivity index (χ0n) is 14.6. The molecule has 0 aliphatic heterocycles. The molecule has 8 nitrogen and oxygen atoms in total. The first-order chi connectivity index (χ1) is 13.2. The summed E-state index contributed by atoms with van der Waals surface area (Å²) in [4.78, 5) is 16.3. The van der Waals surface area contributed by atoms with E-state index in [2.05, 4.69) is 10.3 Å². The Labute approximate surface area is 166 Å². The fraction of sp³-hybridized carbons (Fsp3) is 0.111. The minimum absolute atomic E-state index is 0.114. The van der Waals surface area contributed by atoms with Crippen molar-refractivity contribution in [2.24, 2.45) is 5.14 Å². The largest absolute Gasteiger partial charge is 0.508 e. The van der Waals surface area contributed by atoms with Gasteiger partial charge in [-0.1, -0.05) is 17.7 Å². The number of halogens is 1. The van der Waals surface area contributed by atoms with E-state index in [0.29, 0.717) is 10.8 Å². The highest BCUT2D eigenvalue weighted by molar-refractivity contribution is 7.89. The standard InChI is InChI=1S/C18H16ClN3O5S/c1-27-18-12-7-10(8-16(28(20,25)26)11(12)5-6-21-18)22-17(24)9-13-14(19)3-2-4-15(13)23/h2-8,23H,9H2,1H3,(H,22,24)(H2,20,25,26). The van der Waals surface area contributed by atoms with E-state index in [-0.39, 0.29) is 39.2 Å². The predicted octanol–water partition coefficient (Wildman–Crippen LogP) is 2.43. The molecule has 1 aromatic heterocycles. The van der Waals surface area contributed by atoms with E-state index in [9.17, 15) is 18.3 Å². The summed E-state index contributed by atoms with van der Waals surface area (Å²) in [7, 11) is -2.69. The van der Waals surface area contributed by atoms with Gasteiger partial charge in [0.15, 0.2) is 0 Å². The number of carbonyl (C=O) groups excluding carboxylic acids is 1. The van der Waals surface area contributed by atoms with Crippen LogP contribution in [-0.2, 0) is 21.2 Å². The first kappa shape index (κ1) is 19.9. The zero-order valence-corrected chi connectivity index (χ0v) is 16.2. The van der Waals surface area contributed by atoms with E-state index < -0.39 is 15.9 Å². The lowest BCUT2D eigenvalue weighted by atomic mass is 10.1. The van der Waals surface area contributed by atoms with Crippen molar-refractivity contribution in [1.29, 1.82) is 0 Å². The highest BCUT2D eigenvalue weighted by Gasteiger charge is 2.18. The van der Waals surface area contributed by atoms with Gasteiger partial charge in [0.05, 0.1) is 18.4 Å². The Bertz CT molecular complexity index is 1160. The molecule has 0 bridgehead atoms. The summed E-state index contributed by atoms with van der Waals surface area (Å²) in [6, 6.07) is 8.79. The monoisotopic (exact) mass is 421 g/mol. The lowest BCUT2D eigenvalue weighted by Crippen LogP contribution is -2.17. The maximum absolute atomic E-state index is 12.4. The van der Waals surface area contributed by atoms with Crippen molar-refractivity contribution >= 4 is 44.0 Å². The number of nitrogens with zero attached hydrogens (tertiary/aromatic N) is 1. The highest BCUT2D eigenvalue weighted by Crippen LogP contribution is 2.32. The third-order valence-electron chi connectivity index (χ3n) is 4.02. The molecule has 0 fully saturated rings. The molecule has 0 saturated heterocycles. The molecule has 0 atom stereocenters. The van der Waals surface area contributed by atoms with E-state index >= 15 is 0 Å². The normalized spacial score (nSPS) is 11.4. The number of anilines is 1. The van der Waals surface area contributed by atoms with Crippen molar-refractivity contribution in [3.05, 3.63) is 53.2 Å². The molecule has 4 N–H and O–H groups in total. The van der Waals surface area contributed by atoms with Gasteiger partial charge >= 0.3 is 0 Å². The first-order valence-corrected chi connectivity index (χ1v) is 9.89. The number of amides is 1. The maximum Gasteiger partial charge on any atom is 0.238 e. The Hall–Kier alpha value is -2.88. The van der Waals surface area contributed by atoms with Gasteiger partial charge < -0.3 is 15.2 Å². The van der Waals surface area contributed by atoms with Crippen LogP contribution in [0, 0.1) is 0 Å². The van der Waals surface area contributed by atoms with Crippen molar-refractivity contribution < 1.29 is 23.1 Å². The topological polar surface area (TPSA) is 132 Å². The molecule has 0 aliphatic rings. The number of sulfonamides is 1. The fourth-order valence-electron chi connectivity index (χ4n) is 2.78. The number of ether oxygens (including phenoxy) is 1. The highest BCUT2D eigenvalue weighted by atomic mass is 35.5. The summed E-state index contributed by atoms with van der Waals surface area (Å²) in [6.45, 7) is 0. The van der Waals surface area contributed by atoms with Gasteiger partial charge in [-0.15, -0.1) is 0 Å². The number of pyridine rings is 1. The molecular weight excluding hydrogens is 406 g/mol. The van der Waals surface area contributed by atoms with Crippen LogP contribution in [0.5, 0.6) is 11.6 Å². The van der Waals surface area contributed by atoms with Gasteiger partial charge in [0, 0.05) is 33.2 Å². The van der Waals surface area contributed by atoms with E-state index in [1.54, 1.807) is 12.1 Å². The lowest BCUT2D eigenvalue weighted by molar-refractivity contribution is -0.115. The van der Waals surface area contributed by atoms with Crippen LogP contribution in [0.4, 0.5) is 5.69 Å². The average molecular weight is 422 g/mol. The second-order valence-electron chi connectivity index (χ2n) is 5.90. The number of phenols is 1. The third kappa shape index (κ3) is 4.01. The average Bonchev–Trinajstić information content (AvgIpc) is 2.63. The molecule has 0 spiro atoms. The number of carbonyl (C=O) groups is 1. The van der Waals surface area contributed by atoms with Crippen molar-refractivity contribution in [2.75, 3.05) is 12.4 Å². The van der Waals surface area contributed by atoms with Crippen LogP contribution >= 0.6 is 11.6 Å². The number of hydrogen-bond acceptors (Lipinski definition) is 6. The van der Waals surface area contributed by atoms with Gasteiger partial charge in [-0.25, -0.2) is 18.5 Å². The number of nitrogens with one attached hydrogen (secondary N) is 1. The van der Waals surface area contributed by atoms with Crippen LogP contribution < -0.4 is 15.2 Å². The van der Waals surface area contributed by atoms with E-state index in [1.807, 2.05) is 0 Å². The number of phenolic OH excluding ortho intramolecular Hbond substituents is 1. The molecular formula is C18H16ClN3O5S. The summed E-state index contributed by atoms with van der Waals surface area (Å²) in [5.41, 5.74) is 0.438. The number of primary sulfonamides is 1. The SMILES string of the molecule is COc1nccc2c(S(N)(=O)=O)cc(NC(=O)Cc3c(O)cccc3Cl)cc12. The molecule has 1 amide bonds. The summed E-state index contributed by atoms with van der Waals surface area (Å²) in [5, 5.41) is 18.7. The summed E-state index contributed by atoms with van der Waals surface area (Å²) in [5.74, 6) is -0.439. The third-order valence-corrected chi connectivity index (χ3v) is 5.33. The second-order valence-corrected chi connectivity index (χ2v) is 7.83. The number of aromatic nitrogens is 1. The smallest absolute Gasteiger partial charge is 0.238 e. The number of nitrogens with two attached hydrogens (primary N) is 1. The van der Waals surface area contributed by atoms with Gasteiger partial charge in [0.1, 0.15) is 5.75 Å². The van der Waals surface area contributed by atoms with Crippen molar-refractivity contribution in [3.8, 4) is 11.6 Å². The zero-order chi connectivity index (χ0) is 20.5. The fourth-order valence-corrected chi connectivity index (χ4v) is 3.79. The molecule has 2 aromatic carbocycles. The van der Waals surface area contributed by atoms with Crippen LogP contribution in [0.25, 0.3) is 10.8 Å². The maximum atomic E-state index is 12.4. The lowest BCUT2D eigenvalue weighted by Gasteiger charge is -2.12. The summed E-state index contributed by atoms with van der Waals surface area (Å²) >= 11 is 6.02. The van der Waals surface area contributed by atoms with Crippen LogP contribution in [-0.4, -0.2) is 31.5 Å². The number of aromatic hydroxyl groups is 1. The number of methoxy groups -OCH3 is 1. The Morgan fingerprint density at radius 3 is 2.68 bits per heavy atom. The van der Waals surface area contributed by atoms with Gasteiger partial charge in [-0.05, 0) is 30.3 Å². The van der Waals surface area contributed by atoms with E-state index in [1.165, 1.54) is 37.6 Å². The Balaban J connectivity index is 2.02. The van der Waals surface area contributed by atoms with Gasteiger partial charge in [-0.2, -0.15) is 0 Å². The molecule has 1 heterocycles. The predicted molar refractivity (Wildman–Crippen MR) is 105 cm³/mol. The first-order valence-electron chi connectivity index (χ1n) is 7.96. The number of hydrogen-bond donors (Lipinski definition) is 3.